The monoisotopic (exact) mass is 562 g/mol. The van der Waals surface area contributed by atoms with Gasteiger partial charge in [-0.15, -0.1) is 0 Å². The van der Waals surface area contributed by atoms with Crippen LogP contribution in [0.15, 0.2) is 18.2 Å². The summed E-state index contributed by atoms with van der Waals surface area (Å²) < 4.78 is 39.4. The van der Waals surface area contributed by atoms with Crippen LogP contribution in [0.3, 0.4) is 0 Å². The lowest BCUT2D eigenvalue weighted by molar-refractivity contribution is -0.271. The third kappa shape index (κ3) is 9.27. The Morgan fingerprint density at radius 2 is 1.76 bits per heavy atom. The molecule has 5 N–H and O–H groups in total. The van der Waals surface area contributed by atoms with E-state index in [1.807, 2.05) is 27.7 Å². The molecule has 0 radical (unpaired) electrons. The number of aliphatic hydroxyl groups excluding tert-OH is 3. The minimum atomic E-state index is -3.27. The number of ether oxygens (including phenoxy) is 3. The maximum atomic E-state index is 12.7. The second-order valence-electron chi connectivity index (χ2n) is 10.0. The van der Waals surface area contributed by atoms with Gasteiger partial charge < -0.3 is 44.9 Å². The molecule has 2 rings (SSSR count). The molecule has 1 aliphatic heterocycles. The van der Waals surface area contributed by atoms with Crippen LogP contribution in [-0.4, -0.2) is 108 Å². The number of hydrogen-bond donors (Lipinski definition) is 5. The maximum Gasteiger partial charge on any atom is 0.410 e. The van der Waals surface area contributed by atoms with Crippen molar-refractivity contribution in [3.63, 3.8) is 0 Å². The molecule has 5 unspecified atom stereocenters. The van der Waals surface area contributed by atoms with Gasteiger partial charge in [0.2, 0.25) is 6.29 Å². The number of nitrogens with one attached hydrogen (secondary N) is 1. The molecule has 1 saturated heterocycles. The van der Waals surface area contributed by atoms with Gasteiger partial charge in [-0.3, -0.25) is 0 Å². The number of aliphatic hydroxyl groups is 3. The third-order valence-electron chi connectivity index (χ3n) is 5.48. The standard InChI is InChI=1S/C24H38N2O11S/c1-13(2)11-26(8-9-38(5,33)34)24(32)35-12-15-6-7-17(16(10-15)25-14(3)4)36-23-20(29)18(27)19(28)21(37-23)22(30)31/h6-7,10,13-14,18-21,23,25,27-29H,8-9,11-12H2,1-5H3,(H,30,31). The molecule has 1 aliphatic rings. The summed E-state index contributed by atoms with van der Waals surface area (Å²) in [6.45, 7) is 7.70. The highest BCUT2D eigenvalue weighted by molar-refractivity contribution is 7.90. The van der Waals surface area contributed by atoms with E-state index in [4.69, 9.17) is 14.2 Å². The quantitative estimate of drug-likeness (QED) is 0.236. The van der Waals surface area contributed by atoms with Crippen molar-refractivity contribution in [2.75, 3.05) is 30.4 Å². The Labute approximate surface area is 222 Å². The second kappa shape index (κ2) is 13.4. The van der Waals surface area contributed by atoms with Crippen LogP contribution >= 0.6 is 0 Å². The average molecular weight is 563 g/mol. The topological polar surface area (TPSA) is 192 Å². The highest BCUT2D eigenvalue weighted by atomic mass is 32.2. The molecule has 0 bridgehead atoms. The van der Waals surface area contributed by atoms with E-state index < -0.39 is 52.6 Å². The number of carbonyl (C=O) groups is 2. The van der Waals surface area contributed by atoms with Crippen molar-refractivity contribution in [3.8, 4) is 5.75 Å². The van der Waals surface area contributed by atoms with Gasteiger partial charge in [-0.25, -0.2) is 18.0 Å². The molecule has 13 nitrogen and oxygen atoms in total. The summed E-state index contributed by atoms with van der Waals surface area (Å²) in [6, 6.07) is 4.62. The maximum absolute atomic E-state index is 12.7. The number of carbonyl (C=O) groups excluding carboxylic acids is 1. The molecule has 0 spiro atoms. The van der Waals surface area contributed by atoms with Crippen LogP contribution in [0.1, 0.15) is 33.3 Å². The predicted molar refractivity (Wildman–Crippen MR) is 136 cm³/mol. The fourth-order valence-electron chi connectivity index (χ4n) is 3.68. The number of carboxylic acid groups (broad SMARTS) is 1. The summed E-state index contributed by atoms with van der Waals surface area (Å²) in [4.78, 5) is 25.4. The fourth-order valence-corrected chi connectivity index (χ4v) is 4.23. The van der Waals surface area contributed by atoms with E-state index >= 15 is 0 Å². The first kappa shape index (κ1) is 31.6. The van der Waals surface area contributed by atoms with Crippen molar-refractivity contribution >= 4 is 27.6 Å². The zero-order chi connectivity index (χ0) is 28.8. The lowest BCUT2D eigenvalue weighted by Crippen LogP contribution is -2.61. The number of nitrogens with zero attached hydrogens (tertiary/aromatic N) is 1. The van der Waals surface area contributed by atoms with Crippen LogP contribution in [0, 0.1) is 5.92 Å². The Balaban J connectivity index is 2.18. The Hall–Kier alpha value is -2.65. The molecular weight excluding hydrogens is 524 g/mol. The van der Waals surface area contributed by atoms with Gasteiger partial charge in [-0.05, 0) is 37.5 Å². The molecule has 0 saturated carbocycles. The van der Waals surface area contributed by atoms with Crippen LogP contribution in [0.2, 0.25) is 0 Å². The van der Waals surface area contributed by atoms with Crippen molar-refractivity contribution in [2.45, 2.75) is 71.0 Å². The predicted octanol–water partition coefficient (Wildman–Crippen LogP) is 0.417. The first-order valence-corrected chi connectivity index (χ1v) is 14.2. The Kier molecular flexibility index (Phi) is 11.2. The van der Waals surface area contributed by atoms with Crippen LogP contribution in [0.25, 0.3) is 0 Å². The van der Waals surface area contributed by atoms with Crippen molar-refractivity contribution < 1.29 is 52.6 Å². The number of benzene rings is 1. The number of hydrogen-bond acceptors (Lipinski definition) is 11. The highest BCUT2D eigenvalue weighted by Crippen LogP contribution is 2.31. The van der Waals surface area contributed by atoms with Crippen molar-refractivity contribution in [3.05, 3.63) is 23.8 Å². The van der Waals surface area contributed by atoms with Crippen molar-refractivity contribution in [1.82, 2.24) is 4.90 Å². The van der Waals surface area contributed by atoms with Gasteiger partial charge in [-0.1, -0.05) is 19.9 Å². The van der Waals surface area contributed by atoms with Crippen LogP contribution in [-0.2, 0) is 30.7 Å². The molecule has 14 heteroatoms. The molecule has 1 amide bonds. The summed E-state index contributed by atoms with van der Waals surface area (Å²) in [5.41, 5.74) is 0.971. The summed E-state index contributed by atoms with van der Waals surface area (Å²) >= 11 is 0. The van der Waals surface area contributed by atoms with E-state index in [1.54, 1.807) is 12.1 Å². The first-order valence-electron chi connectivity index (χ1n) is 12.2. The molecule has 38 heavy (non-hydrogen) atoms. The van der Waals surface area contributed by atoms with E-state index in [-0.39, 0.29) is 36.6 Å². The van der Waals surface area contributed by atoms with E-state index in [1.165, 1.54) is 11.0 Å². The minimum Gasteiger partial charge on any atom is -0.479 e. The van der Waals surface area contributed by atoms with E-state index in [0.717, 1.165) is 6.26 Å². The van der Waals surface area contributed by atoms with E-state index in [0.29, 0.717) is 17.8 Å². The van der Waals surface area contributed by atoms with Gasteiger partial charge in [0.05, 0.1) is 11.4 Å². The fraction of sp³-hybridized carbons (Fsp3) is 0.667. The molecular formula is C24H38N2O11S. The molecule has 5 atom stereocenters. The number of carboxylic acids is 1. The largest absolute Gasteiger partial charge is 0.479 e. The zero-order valence-corrected chi connectivity index (χ0v) is 22.9. The van der Waals surface area contributed by atoms with Crippen molar-refractivity contribution in [2.24, 2.45) is 5.92 Å². The van der Waals surface area contributed by atoms with Gasteiger partial charge in [0.15, 0.2) is 6.10 Å². The molecule has 1 aromatic carbocycles. The molecule has 1 heterocycles. The highest BCUT2D eigenvalue weighted by Gasteiger charge is 2.48. The number of anilines is 1. The average Bonchev–Trinajstić information content (AvgIpc) is 2.80. The Morgan fingerprint density at radius 1 is 1.11 bits per heavy atom. The van der Waals surface area contributed by atoms with Crippen molar-refractivity contribution in [1.29, 1.82) is 0 Å². The second-order valence-corrected chi connectivity index (χ2v) is 12.3. The summed E-state index contributed by atoms with van der Waals surface area (Å²) in [6.07, 6.45) is -8.35. The van der Waals surface area contributed by atoms with Crippen LogP contribution in [0.4, 0.5) is 10.5 Å². The van der Waals surface area contributed by atoms with Crippen LogP contribution < -0.4 is 10.1 Å². The Bertz CT molecular complexity index is 1060. The molecule has 216 valence electrons. The lowest BCUT2D eigenvalue weighted by Gasteiger charge is -2.38. The van der Waals surface area contributed by atoms with E-state index in [2.05, 4.69) is 5.32 Å². The van der Waals surface area contributed by atoms with Gasteiger partial charge in [0, 0.05) is 25.4 Å². The summed E-state index contributed by atoms with van der Waals surface area (Å²) in [5, 5.41) is 42.6. The first-order chi connectivity index (χ1) is 17.6. The number of amides is 1. The lowest BCUT2D eigenvalue weighted by atomic mass is 9.99. The Morgan fingerprint density at radius 3 is 2.32 bits per heavy atom. The third-order valence-corrected chi connectivity index (χ3v) is 6.41. The number of sulfone groups is 1. The van der Waals surface area contributed by atoms with Gasteiger partial charge in [0.25, 0.3) is 0 Å². The SMILES string of the molecule is CC(C)CN(CCS(C)(=O)=O)C(=O)OCc1ccc(OC2OC(C(=O)O)C(O)C(O)C2O)c(NC(C)C)c1. The molecule has 1 fully saturated rings. The summed E-state index contributed by atoms with van der Waals surface area (Å²) in [7, 11) is -3.27. The van der Waals surface area contributed by atoms with Crippen LogP contribution in [0.5, 0.6) is 5.75 Å². The van der Waals surface area contributed by atoms with E-state index in [9.17, 15) is 38.4 Å². The minimum absolute atomic E-state index is 0.00434. The number of aliphatic carboxylic acids is 1. The zero-order valence-electron chi connectivity index (χ0n) is 22.1. The molecule has 0 aliphatic carbocycles. The smallest absolute Gasteiger partial charge is 0.410 e. The summed E-state index contributed by atoms with van der Waals surface area (Å²) in [5.74, 6) is -1.47. The van der Waals surface area contributed by atoms with Gasteiger partial charge in [0.1, 0.15) is 40.5 Å². The van der Waals surface area contributed by atoms with Gasteiger partial charge in [-0.2, -0.15) is 0 Å². The normalized spacial score (nSPS) is 23.8. The molecule has 0 aromatic heterocycles. The molecule has 1 aromatic rings. The van der Waals surface area contributed by atoms with Gasteiger partial charge >= 0.3 is 12.1 Å². The number of rotatable bonds is 12.